The second-order valence-electron chi connectivity index (χ2n) is 4.56. The lowest BCUT2D eigenvalue weighted by Gasteiger charge is -2.15. The van der Waals surface area contributed by atoms with Crippen LogP contribution in [0.4, 0.5) is 5.69 Å². The van der Waals surface area contributed by atoms with Crippen LogP contribution in [0, 0.1) is 0 Å². The van der Waals surface area contributed by atoms with E-state index < -0.39 is 0 Å². The molecule has 22 heavy (non-hydrogen) atoms. The minimum atomic E-state index is -0.169. The van der Waals surface area contributed by atoms with Crippen molar-refractivity contribution in [3.8, 4) is 0 Å². The predicted octanol–water partition coefficient (Wildman–Crippen LogP) is 5.40. The Bertz CT molecular complexity index is 770. The fourth-order valence-electron chi connectivity index (χ4n) is 2.06. The second kappa shape index (κ2) is 6.42. The molecule has 1 aliphatic heterocycles. The summed E-state index contributed by atoms with van der Waals surface area (Å²) in [6.45, 7) is 0. The molecule has 110 valence electrons. The molecule has 1 heterocycles. The fourth-order valence-corrected chi connectivity index (χ4v) is 3.87. The minimum Gasteiger partial charge on any atom is -0.268 e. The molecule has 1 aliphatic rings. The summed E-state index contributed by atoms with van der Waals surface area (Å²) in [6, 6.07) is 14.6. The number of nitrogens with zero attached hydrogens (tertiary/aromatic N) is 1. The Labute approximate surface area is 147 Å². The van der Waals surface area contributed by atoms with E-state index in [2.05, 4.69) is 0 Å². The van der Waals surface area contributed by atoms with Gasteiger partial charge in [-0.15, -0.1) is 0 Å². The molecule has 2 aromatic rings. The summed E-state index contributed by atoms with van der Waals surface area (Å²) in [5.41, 5.74) is 1.53. The number of hydrogen-bond acceptors (Lipinski definition) is 3. The molecule has 0 aromatic heterocycles. The normalized spacial score (nSPS) is 16.6. The zero-order valence-corrected chi connectivity index (χ0v) is 14.3. The van der Waals surface area contributed by atoms with E-state index >= 15 is 0 Å². The van der Waals surface area contributed by atoms with Gasteiger partial charge in [0.1, 0.15) is 0 Å². The SMILES string of the molecule is O=C1C(=Cc2ccccc2)SC(=S)N1c1cc(Cl)cc(Cl)c1. The zero-order valence-electron chi connectivity index (χ0n) is 11.1. The van der Waals surface area contributed by atoms with E-state index in [9.17, 15) is 4.79 Å². The van der Waals surface area contributed by atoms with E-state index in [1.807, 2.05) is 36.4 Å². The van der Waals surface area contributed by atoms with Crippen molar-refractivity contribution < 1.29 is 4.79 Å². The summed E-state index contributed by atoms with van der Waals surface area (Å²) in [6.07, 6.45) is 1.82. The smallest absolute Gasteiger partial charge is 0.268 e. The number of carbonyl (C=O) groups excluding carboxylic acids is 1. The second-order valence-corrected chi connectivity index (χ2v) is 7.10. The van der Waals surface area contributed by atoms with E-state index in [4.69, 9.17) is 35.4 Å². The van der Waals surface area contributed by atoms with Crippen molar-refractivity contribution >= 4 is 69.2 Å². The van der Waals surface area contributed by atoms with Crippen molar-refractivity contribution in [2.45, 2.75) is 0 Å². The largest absolute Gasteiger partial charge is 0.270 e. The average Bonchev–Trinajstić information content (AvgIpc) is 2.73. The highest BCUT2D eigenvalue weighted by Crippen LogP contribution is 2.37. The summed E-state index contributed by atoms with van der Waals surface area (Å²) < 4.78 is 0.463. The van der Waals surface area contributed by atoms with Crippen molar-refractivity contribution in [1.29, 1.82) is 0 Å². The van der Waals surface area contributed by atoms with Gasteiger partial charge in [0.2, 0.25) is 0 Å². The Balaban J connectivity index is 1.97. The van der Waals surface area contributed by atoms with Crippen molar-refractivity contribution in [3.63, 3.8) is 0 Å². The van der Waals surface area contributed by atoms with Crippen LogP contribution in [0.1, 0.15) is 5.56 Å². The number of halogens is 2. The molecule has 2 aromatic carbocycles. The summed E-state index contributed by atoms with van der Waals surface area (Å²) in [5.74, 6) is -0.169. The molecule has 1 amide bonds. The lowest BCUT2D eigenvalue weighted by molar-refractivity contribution is -0.113. The Morgan fingerprint density at radius 1 is 1.05 bits per heavy atom. The molecule has 0 unspecified atom stereocenters. The average molecular weight is 366 g/mol. The van der Waals surface area contributed by atoms with Crippen LogP contribution in [-0.4, -0.2) is 10.2 Å². The van der Waals surface area contributed by atoms with E-state index in [0.29, 0.717) is 25.0 Å². The van der Waals surface area contributed by atoms with Crippen LogP contribution in [0.5, 0.6) is 0 Å². The molecule has 0 radical (unpaired) electrons. The molecule has 0 saturated carbocycles. The third kappa shape index (κ3) is 3.20. The third-order valence-electron chi connectivity index (χ3n) is 3.00. The van der Waals surface area contributed by atoms with Crippen LogP contribution < -0.4 is 4.90 Å². The van der Waals surface area contributed by atoms with Gasteiger partial charge < -0.3 is 0 Å². The van der Waals surface area contributed by atoms with Gasteiger partial charge in [-0.1, -0.05) is 77.5 Å². The third-order valence-corrected chi connectivity index (χ3v) is 4.74. The van der Waals surface area contributed by atoms with Gasteiger partial charge in [0.05, 0.1) is 10.6 Å². The highest BCUT2D eigenvalue weighted by molar-refractivity contribution is 8.27. The highest BCUT2D eigenvalue weighted by atomic mass is 35.5. The quantitative estimate of drug-likeness (QED) is 0.524. The molecule has 1 fully saturated rings. The number of rotatable bonds is 2. The lowest BCUT2D eigenvalue weighted by atomic mass is 10.2. The first-order valence-electron chi connectivity index (χ1n) is 6.34. The molecule has 3 rings (SSSR count). The first kappa shape index (κ1) is 15.6. The Kier molecular flexibility index (Phi) is 4.54. The van der Waals surface area contributed by atoms with Gasteiger partial charge in [-0.2, -0.15) is 0 Å². The number of hydrogen-bond donors (Lipinski definition) is 0. The van der Waals surface area contributed by atoms with Crippen LogP contribution in [-0.2, 0) is 4.79 Å². The van der Waals surface area contributed by atoms with Gasteiger partial charge in [-0.05, 0) is 29.8 Å². The van der Waals surface area contributed by atoms with Crippen molar-refractivity contribution in [1.82, 2.24) is 0 Å². The summed E-state index contributed by atoms with van der Waals surface area (Å²) >= 11 is 18.6. The van der Waals surface area contributed by atoms with Crippen molar-refractivity contribution in [2.75, 3.05) is 4.90 Å². The van der Waals surface area contributed by atoms with Crippen molar-refractivity contribution in [2.24, 2.45) is 0 Å². The van der Waals surface area contributed by atoms with Gasteiger partial charge in [-0.3, -0.25) is 9.69 Å². The van der Waals surface area contributed by atoms with Crippen LogP contribution >= 0.6 is 47.2 Å². The van der Waals surface area contributed by atoms with Crippen LogP contribution in [0.2, 0.25) is 10.0 Å². The standard InChI is InChI=1S/C16H9Cl2NOS2/c17-11-7-12(18)9-13(8-11)19-15(20)14(22-16(19)21)6-10-4-2-1-3-5-10/h1-9H. The molecule has 0 atom stereocenters. The lowest BCUT2D eigenvalue weighted by Crippen LogP contribution is -2.27. The zero-order chi connectivity index (χ0) is 15.7. The van der Waals surface area contributed by atoms with Gasteiger partial charge in [0.25, 0.3) is 5.91 Å². The van der Waals surface area contributed by atoms with E-state index in [0.717, 1.165) is 5.56 Å². The topological polar surface area (TPSA) is 20.3 Å². The number of benzene rings is 2. The molecule has 0 aliphatic carbocycles. The molecule has 0 N–H and O–H groups in total. The van der Waals surface area contributed by atoms with Crippen LogP contribution in [0.15, 0.2) is 53.4 Å². The molecular weight excluding hydrogens is 357 g/mol. The van der Waals surface area contributed by atoms with Gasteiger partial charge >= 0.3 is 0 Å². The molecule has 0 spiro atoms. The maximum absolute atomic E-state index is 12.6. The van der Waals surface area contributed by atoms with E-state index in [1.54, 1.807) is 18.2 Å². The molecule has 2 nitrogen and oxygen atoms in total. The first-order chi connectivity index (χ1) is 10.5. The molecular formula is C16H9Cl2NOS2. The minimum absolute atomic E-state index is 0.169. The first-order valence-corrected chi connectivity index (χ1v) is 8.32. The predicted molar refractivity (Wildman–Crippen MR) is 98.6 cm³/mol. The van der Waals surface area contributed by atoms with Crippen LogP contribution in [0.3, 0.4) is 0 Å². The Hall–Kier alpha value is -1.33. The summed E-state index contributed by atoms with van der Waals surface area (Å²) in [7, 11) is 0. The number of amides is 1. The number of thiocarbonyl (C=S) groups is 1. The number of carbonyl (C=O) groups is 1. The monoisotopic (exact) mass is 365 g/mol. The number of thioether (sulfide) groups is 1. The Morgan fingerprint density at radius 2 is 1.68 bits per heavy atom. The summed E-state index contributed by atoms with van der Waals surface area (Å²) in [4.78, 5) is 14.6. The maximum atomic E-state index is 12.6. The maximum Gasteiger partial charge on any atom is 0.270 e. The van der Waals surface area contributed by atoms with E-state index in [-0.39, 0.29) is 5.91 Å². The summed E-state index contributed by atoms with van der Waals surface area (Å²) in [5, 5.41) is 0.923. The van der Waals surface area contributed by atoms with Crippen molar-refractivity contribution in [3.05, 3.63) is 69.0 Å². The van der Waals surface area contributed by atoms with Crippen LogP contribution in [0.25, 0.3) is 6.08 Å². The molecule has 6 heteroatoms. The van der Waals surface area contributed by atoms with Gasteiger partial charge in [0.15, 0.2) is 4.32 Å². The Morgan fingerprint density at radius 3 is 2.32 bits per heavy atom. The number of anilines is 1. The van der Waals surface area contributed by atoms with Gasteiger partial charge in [-0.25, -0.2) is 0 Å². The fraction of sp³-hybridized carbons (Fsp3) is 0. The van der Waals surface area contributed by atoms with E-state index in [1.165, 1.54) is 16.7 Å². The highest BCUT2D eigenvalue weighted by Gasteiger charge is 2.33. The molecule has 0 bridgehead atoms. The molecule has 1 saturated heterocycles. The van der Waals surface area contributed by atoms with Gasteiger partial charge in [0, 0.05) is 10.0 Å².